The largest absolute Gasteiger partial charge is 0.349 e. The lowest BCUT2D eigenvalue weighted by molar-refractivity contribution is 0.553. The van der Waals surface area contributed by atoms with E-state index in [4.69, 9.17) is 0 Å². The summed E-state index contributed by atoms with van der Waals surface area (Å²) < 4.78 is 12.8. The summed E-state index contributed by atoms with van der Waals surface area (Å²) in [4.78, 5) is 7.26. The van der Waals surface area contributed by atoms with Gasteiger partial charge in [0.15, 0.2) is 0 Å². The zero-order valence-electron chi connectivity index (χ0n) is 10.5. The monoisotopic (exact) mass is 247 g/mol. The number of nitrogens with one attached hydrogen (secondary N) is 2. The number of H-pyrrole nitrogens is 1. The van der Waals surface area contributed by atoms with Gasteiger partial charge in [-0.3, -0.25) is 0 Å². The van der Waals surface area contributed by atoms with E-state index in [1.807, 2.05) is 18.3 Å². The molecule has 0 aliphatic heterocycles. The van der Waals surface area contributed by atoms with Gasteiger partial charge in [-0.1, -0.05) is 12.1 Å². The molecule has 0 radical (unpaired) electrons. The standard InChI is InChI=1S/C14H18FN3/c1-11(12-4-6-13(15)7-5-12)16-8-2-3-14-17-9-10-18-14/h4-7,9-11,16H,2-3,8H2,1H3,(H,17,18). The molecule has 0 bridgehead atoms. The first-order valence-electron chi connectivity index (χ1n) is 6.23. The minimum absolute atomic E-state index is 0.191. The fourth-order valence-electron chi connectivity index (χ4n) is 1.88. The molecule has 0 saturated carbocycles. The molecular weight excluding hydrogens is 229 g/mol. The fourth-order valence-corrected chi connectivity index (χ4v) is 1.88. The number of aryl methyl sites for hydroxylation is 1. The molecule has 4 heteroatoms. The number of halogens is 1. The highest BCUT2D eigenvalue weighted by atomic mass is 19.1. The number of nitrogens with zero attached hydrogens (tertiary/aromatic N) is 1. The van der Waals surface area contributed by atoms with Gasteiger partial charge in [0.2, 0.25) is 0 Å². The molecule has 2 rings (SSSR count). The number of hydrogen-bond acceptors (Lipinski definition) is 2. The molecule has 1 unspecified atom stereocenters. The zero-order valence-corrected chi connectivity index (χ0v) is 10.5. The van der Waals surface area contributed by atoms with Gasteiger partial charge in [-0.2, -0.15) is 0 Å². The second-order valence-electron chi connectivity index (χ2n) is 4.37. The summed E-state index contributed by atoms with van der Waals surface area (Å²) in [5.74, 6) is 0.829. The Morgan fingerprint density at radius 3 is 2.78 bits per heavy atom. The highest BCUT2D eigenvalue weighted by Crippen LogP contribution is 2.12. The first kappa shape index (κ1) is 12.8. The van der Waals surface area contributed by atoms with Gasteiger partial charge in [0, 0.05) is 24.9 Å². The van der Waals surface area contributed by atoms with E-state index in [0.29, 0.717) is 0 Å². The Kier molecular flexibility index (Phi) is 4.47. The minimum atomic E-state index is -0.191. The van der Waals surface area contributed by atoms with E-state index >= 15 is 0 Å². The lowest BCUT2D eigenvalue weighted by Crippen LogP contribution is -2.20. The van der Waals surface area contributed by atoms with Crippen LogP contribution >= 0.6 is 0 Å². The molecular formula is C14H18FN3. The van der Waals surface area contributed by atoms with E-state index < -0.39 is 0 Å². The maximum Gasteiger partial charge on any atom is 0.123 e. The molecule has 0 saturated heterocycles. The molecule has 2 N–H and O–H groups in total. The first-order valence-corrected chi connectivity index (χ1v) is 6.23. The Hall–Kier alpha value is -1.68. The van der Waals surface area contributed by atoms with Crippen LogP contribution in [0.1, 0.15) is 30.8 Å². The molecule has 0 spiro atoms. The van der Waals surface area contributed by atoms with Crippen LogP contribution < -0.4 is 5.32 Å². The van der Waals surface area contributed by atoms with Gasteiger partial charge in [0.25, 0.3) is 0 Å². The Bertz CT molecular complexity index is 450. The van der Waals surface area contributed by atoms with Crippen molar-refractivity contribution in [3.63, 3.8) is 0 Å². The SMILES string of the molecule is CC(NCCCc1ncc[nH]1)c1ccc(F)cc1. The molecule has 1 heterocycles. The molecule has 1 aromatic carbocycles. The lowest BCUT2D eigenvalue weighted by Gasteiger charge is -2.13. The lowest BCUT2D eigenvalue weighted by atomic mass is 10.1. The number of aromatic amines is 1. The third-order valence-electron chi connectivity index (χ3n) is 2.97. The van der Waals surface area contributed by atoms with Gasteiger partial charge in [-0.15, -0.1) is 0 Å². The topological polar surface area (TPSA) is 40.7 Å². The Morgan fingerprint density at radius 2 is 2.11 bits per heavy atom. The van der Waals surface area contributed by atoms with E-state index in [2.05, 4.69) is 22.2 Å². The molecule has 1 aromatic heterocycles. The Morgan fingerprint density at radius 1 is 1.33 bits per heavy atom. The summed E-state index contributed by atoms with van der Waals surface area (Å²) in [5, 5.41) is 3.42. The number of aromatic nitrogens is 2. The van der Waals surface area contributed by atoms with Crippen molar-refractivity contribution >= 4 is 0 Å². The Balaban J connectivity index is 1.71. The molecule has 0 fully saturated rings. The van der Waals surface area contributed by atoms with Crippen molar-refractivity contribution in [2.45, 2.75) is 25.8 Å². The van der Waals surface area contributed by atoms with Crippen molar-refractivity contribution in [3.8, 4) is 0 Å². The maximum absolute atomic E-state index is 12.8. The number of benzene rings is 1. The van der Waals surface area contributed by atoms with Gasteiger partial charge in [-0.25, -0.2) is 9.37 Å². The normalized spacial score (nSPS) is 12.6. The van der Waals surface area contributed by atoms with Crippen LogP contribution in [0.5, 0.6) is 0 Å². The van der Waals surface area contributed by atoms with Crippen LogP contribution in [0.4, 0.5) is 4.39 Å². The third-order valence-corrected chi connectivity index (χ3v) is 2.97. The Labute approximate surface area is 106 Å². The molecule has 96 valence electrons. The second-order valence-corrected chi connectivity index (χ2v) is 4.37. The number of rotatable bonds is 6. The summed E-state index contributed by atoms with van der Waals surface area (Å²) >= 11 is 0. The first-order chi connectivity index (χ1) is 8.75. The summed E-state index contributed by atoms with van der Waals surface area (Å²) in [6.07, 6.45) is 5.57. The van der Waals surface area contributed by atoms with Crippen molar-refractivity contribution in [2.75, 3.05) is 6.54 Å². The van der Waals surface area contributed by atoms with Gasteiger partial charge >= 0.3 is 0 Å². The quantitative estimate of drug-likeness (QED) is 0.771. The average molecular weight is 247 g/mol. The zero-order chi connectivity index (χ0) is 12.8. The van der Waals surface area contributed by atoms with Crippen LogP contribution in [-0.4, -0.2) is 16.5 Å². The van der Waals surface area contributed by atoms with Gasteiger partial charge in [0.05, 0.1) is 0 Å². The molecule has 0 aliphatic carbocycles. The number of hydrogen-bond donors (Lipinski definition) is 2. The second kappa shape index (κ2) is 6.31. The van der Waals surface area contributed by atoms with Crippen LogP contribution in [0.25, 0.3) is 0 Å². The van der Waals surface area contributed by atoms with E-state index in [9.17, 15) is 4.39 Å². The molecule has 2 aromatic rings. The maximum atomic E-state index is 12.8. The van der Waals surface area contributed by atoms with Crippen molar-refractivity contribution in [1.29, 1.82) is 0 Å². The van der Waals surface area contributed by atoms with E-state index in [-0.39, 0.29) is 11.9 Å². The van der Waals surface area contributed by atoms with E-state index in [1.165, 1.54) is 12.1 Å². The van der Waals surface area contributed by atoms with E-state index in [1.54, 1.807) is 6.20 Å². The van der Waals surface area contributed by atoms with Gasteiger partial charge in [0.1, 0.15) is 11.6 Å². The van der Waals surface area contributed by atoms with Crippen molar-refractivity contribution < 1.29 is 4.39 Å². The van der Waals surface area contributed by atoms with Crippen LogP contribution in [0.2, 0.25) is 0 Å². The summed E-state index contributed by atoms with van der Waals surface area (Å²) in [6.45, 7) is 3.00. The summed E-state index contributed by atoms with van der Waals surface area (Å²) in [5.41, 5.74) is 1.11. The van der Waals surface area contributed by atoms with Gasteiger partial charge in [-0.05, 0) is 37.6 Å². The van der Waals surface area contributed by atoms with Crippen LogP contribution in [-0.2, 0) is 6.42 Å². The van der Waals surface area contributed by atoms with Crippen molar-refractivity contribution in [1.82, 2.24) is 15.3 Å². The smallest absolute Gasteiger partial charge is 0.123 e. The molecule has 1 atom stereocenters. The van der Waals surface area contributed by atoms with Crippen LogP contribution in [0, 0.1) is 5.82 Å². The third kappa shape index (κ3) is 3.67. The van der Waals surface area contributed by atoms with E-state index in [0.717, 1.165) is 30.8 Å². The van der Waals surface area contributed by atoms with Gasteiger partial charge < -0.3 is 10.3 Å². The van der Waals surface area contributed by atoms with Crippen molar-refractivity contribution in [2.24, 2.45) is 0 Å². The van der Waals surface area contributed by atoms with Crippen molar-refractivity contribution in [3.05, 3.63) is 53.9 Å². The fraction of sp³-hybridized carbons (Fsp3) is 0.357. The molecule has 0 amide bonds. The molecule has 0 aliphatic rings. The minimum Gasteiger partial charge on any atom is -0.349 e. The number of imidazole rings is 1. The van der Waals surface area contributed by atoms with Crippen LogP contribution in [0.15, 0.2) is 36.7 Å². The van der Waals surface area contributed by atoms with Crippen LogP contribution in [0.3, 0.4) is 0 Å². The predicted molar refractivity (Wildman–Crippen MR) is 69.7 cm³/mol. The average Bonchev–Trinajstić information content (AvgIpc) is 2.88. The molecule has 3 nitrogen and oxygen atoms in total. The molecule has 18 heavy (non-hydrogen) atoms. The highest BCUT2D eigenvalue weighted by molar-refractivity contribution is 5.19. The summed E-state index contributed by atoms with van der Waals surface area (Å²) in [7, 11) is 0. The summed E-state index contributed by atoms with van der Waals surface area (Å²) in [6, 6.07) is 6.87. The highest BCUT2D eigenvalue weighted by Gasteiger charge is 2.04. The predicted octanol–water partition coefficient (Wildman–Crippen LogP) is 2.83.